The van der Waals surface area contributed by atoms with Crippen molar-refractivity contribution in [1.82, 2.24) is 15.6 Å². The summed E-state index contributed by atoms with van der Waals surface area (Å²) >= 11 is 7.51. The van der Waals surface area contributed by atoms with Crippen molar-refractivity contribution in [2.45, 2.75) is 50.7 Å². The Balaban J connectivity index is 1.30. The van der Waals surface area contributed by atoms with Crippen molar-refractivity contribution in [2.75, 3.05) is 25.1 Å². The van der Waals surface area contributed by atoms with E-state index >= 15 is 0 Å². The Morgan fingerprint density at radius 3 is 2.83 bits per heavy atom. The maximum atomic E-state index is 12.9. The first-order chi connectivity index (χ1) is 14.7. The molecule has 1 saturated carbocycles. The first-order valence-electron chi connectivity index (χ1n) is 10.7. The largest absolute Gasteiger partial charge is 0.378 e. The molecule has 6 nitrogen and oxygen atoms in total. The number of carbonyl (C=O) groups excluding carboxylic acids is 1. The zero-order chi connectivity index (χ0) is 20.8. The molecule has 0 spiro atoms. The summed E-state index contributed by atoms with van der Waals surface area (Å²) in [6.07, 6.45) is 7.92. The average molecular weight is 449 g/mol. The molecule has 0 aromatic carbocycles. The van der Waals surface area contributed by atoms with Gasteiger partial charge in [0.15, 0.2) is 0 Å². The highest BCUT2D eigenvalue weighted by Gasteiger charge is 2.25. The summed E-state index contributed by atoms with van der Waals surface area (Å²) in [5.74, 6) is 1.47. The molecule has 1 atom stereocenters. The van der Waals surface area contributed by atoms with E-state index < -0.39 is 0 Å². The van der Waals surface area contributed by atoms with Crippen molar-refractivity contribution in [1.29, 1.82) is 0 Å². The van der Waals surface area contributed by atoms with Crippen LogP contribution in [0.15, 0.2) is 30.5 Å². The molecule has 1 unspecified atom stereocenters. The highest BCUT2D eigenvalue weighted by atomic mass is 35.5. The fraction of sp³-hybridized carbons (Fsp3) is 0.545. The molecule has 0 radical (unpaired) electrons. The fourth-order valence-corrected chi connectivity index (χ4v) is 5.05. The second-order valence-electron chi connectivity index (χ2n) is 8.18. The van der Waals surface area contributed by atoms with E-state index in [1.807, 2.05) is 12.1 Å². The molecule has 2 aromatic rings. The summed E-state index contributed by atoms with van der Waals surface area (Å²) in [5.41, 5.74) is 0. The molecule has 162 valence electrons. The van der Waals surface area contributed by atoms with Gasteiger partial charge in [-0.25, -0.2) is 4.98 Å². The van der Waals surface area contributed by atoms with Crippen LogP contribution in [0.5, 0.6) is 0 Å². The number of thiophene rings is 1. The third kappa shape index (κ3) is 6.17. The van der Waals surface area contributed by atoms with Crippen LogP contribution in [0.2, 0.25) is 5.02 Å². The van der Waals surface area contributed by atoms with Gasteiger partial charge in [-0.1, -0.05) is 37.3 Å². The molecule has 2 fully saturated rings. The molecule has 1 aliphatic heterocycles. The van der Waals surface area contributed by atoms with Gasteiger partial charge < -0.3 is 20.7 Å². The van der Waals surface area contributed by atoms with Gasteiger partial charge in [-0.05, 0) is 36.6 Å². The molecule has 0 bridgehead atoms. The van der Waals surface area contributed by atoms with Crippen LogP contribution in [0, 0.1) is 5.92 Å². The standard InChI is InChI=1S/C22H29ClN4O2S/c23-16-7-8-24-21(10-16)26-12-19-5-6-20(30-19)22(28)27-17(9-15-3-1-2-4-15)11-25-18-13-29-14-18/h5-8,10,15,17-18,25H,1-4,9,11-14H2,(H,24,26)(H,27,28). The van der Waals surface area contributed by atoms with Crippen molar-refractivity contribution in [3.05, 3.63) is 45.2 Å². The molecule has 1 aliphatic carbocycles. The lowest BCUT2D eigenvalue weighted by atomic mass is 9.98. The molecule has 2 aromatic heterocycles. The van der Waals surface area contributed by atoms with E-state index in [0.717, 1.165) is 47.7 Å². The maximum absolute atomic E-state index is 12.9. The van der Waals surface area contributed by atoms with Gasteiger partial charge in [-0.2, -0.15) is 0 Å². The summed E-state index contributed by atoms with van der Waals surface area (Å²) in [5, 5.41) is 10.7. The lowest BCUT2D eigenvalue weighted by molar-refractivity contribution is -0.00596. The number of hydrogen-bond donors (Lipinski definition) is 3. The number of rotatable bonds is 10. The lowest BCUT2D eigenvalue weighted by Gasteiger charge is -2.30. The van der Waals surface area contributed by atoms with Gasteiger partial charge >= 0.3 is 0 Å². The third-order valence-corrected chi connectivity index (χ3v) is 7.09. The van der Waals surface area contributed by atoms with Crippen LogP contribution in [0.25, 0.3) is 0 Å². The molecule has 8 heteroatoms. The summed E-state index contributed by atoms with van der Waals surface area (Å²) < 4.78 is 5.25. The average Bonchev–Trinajstić information content (AvgIpc) is 3.37. The van der Waals surface area contributed by atoms with Gasteiger partial charge in [0, 0.05) is 28.7 Å². The lowest BCUT2D eigenvalue weighted by Crippen LogP contribution is -2.51. The highest BCUT2D eigenvalue weighted by molar-refractivity contribution is 7.14. The van der Waals surface area contributed by atoms with E-state index in [9.17, 15) is 4.79 Å². The van der Waals surface area contributed by atoms with Gasteiger partial charge in [0.2, 0.25) is 0 Å². The van der Waals surface area contributed by atoms with Gasteiger partial charge in [-0.15, -0.1) is 11.3 Å². The number of ether oxygens (including phenoxy) is 1. The molecule has 3 N–H and O–H groups in total. The highest BCUT2D eigenvalue weighted by Crippen LogP contribution is 2.29. The normalized spacial score (nSPS) is 18.2. The number of nitrogens with one attached hydrogen (secondary N) is 3. The smallest absolute Gasteiger partial charge is 0.261 e. The molecule has 1 amide bonds. The zero-order valence-corrected chi connectivity index (χ0v) is 18.6. The summed E-state index contributed by atoms with van der Waals surface area (Å²) in [6.45, 7) is 2.95. The fourth-order valence-electron chi connectivity index (χ4n) is 4.03. The van der Waals surface area contributed by atoms with Gasteiger partial charge in [0.05, 0.1) is 30.7 Å². The summed E-state index contributed by atoms with van der Waals surface area (Å²) in [7, 11) is 0. The van der Waals surface area contributed by atoms with Crippen LogP contribution in [-0.2, 0) is 11.3 Å². The van der Waals surface area contributed by atoms with Crippen molar-refractivity contribution in [3.63, 3.8) is 0 Å². The van der Waals surface area contributed by atoms with Gasteiger partial charge in [-0.3, -0.25) is 4.79 Å². The first kappa shape index (κ1) is 21.6. The number of aromatic nitrogens is 1. The minimum atomic E-state index is 0.0155. The molecule has 4 rings (SSSR count). The maximum Gasteiger partial charge on any atom is 0.261 e. The molecule has 1 saturated heterocycles. The Morgan fingerprint density at radius 1 is 1.27 bits per heavy atom. The Labute approximate surface area is 186 Å². The van der Waals surface area contributed by atoms with Crippen molar-refractivity contribution in [2.24, 2.45) is 5.92 Å². The van der Waals surface area contributed by atoms with Crippen LogP contribution in [0.4, 0.5) is 5.82 Å². The van der Waals surface area contributed by atoms with E-state index in [-0.39, 0.29) is 11.9 Å². The van der Waals surface area contributed by atoms with E-state index in [2.05, 4.69) is 20.9 Å². The molecular formula is C22H29ClN4O2S. The number of carbonyl (C=O) groups is 1. The quantitative estimate of drug-likeness (QED) is 0.510. The number of halogens is 1. The number of anilines is 1. The predicted octanol–water partition coefficient (Wildman–Crippen LogP) is 4.08. The minimum Gasteiger partial charge on any atom is -0.378 e. The predicted molar refractivity (Wildman–Crippen MR) is 121 cm³/mol. The second-order valence-corrected chi connectivity index (χ2v) is 9.78. The number of amides is 1. The summed E-state index contributed by atoms with van der Waals surface area (Å²) in [6, 6.07) is 8.01. The number of hydrogen-bond acceptors (Lipinski definition) is 6. The van der Waals surface area contributed by atoms with Gasteiger partial charge in [0.25, 0.3) is 5.91 Å². The monoisotopic (exact) mass is 448 g/mol. The van der Waals surface area contributed by atoms with Crippen LogP contribution >= 0.6 is 22.9 Å². The Bertz CT molecular complexity index is 836. The Hall–Kier alpha value is -1.67. The van der Waals surface area contributed by atoms with E-state index in [0.29, 0.717) is 17.6 Å². The van der Waals surface area contributed by atoms with Crippen molar-refractivity contribution >= 4 is 34.7 Å². The minimum absolute atomic E-state index is 0.0155. The van der Waals surface area contributed by atoms with Crippen molar-refractivity contribution < 1.29 is 9.53 Å². The third-order valence-electron chi connectivity index (χ3n) is 5.77. The summed E-state index contributed by atoms with van der Waals surface area (Å²) in [4.78, 5) is 19.0. The van der Waals surface area contributed by atoms with E-state index in [1.165, 1.54) is 37.0 Å². The van der Waals surface area contributed by atoms with E-state index in [1.54, 1.807) is 18.3 Å². The molecular weight excluding hydrogens is 420 g/mol. The Kier molecular flexibility index (Phi) is 7.60. The number of nitrogens with zero attached hydrogens (tertiary/aromatic N) is 1. The molecule has 2 aliphatic rings. The van der Waals surface area contributed by atoms with Gasteiger partial charge in [0.1, 0.15) is 5.82 Å². The topological polar surface area (TPSA) is 75.3 Å². The van der Waals surface area contributed by atoms with Crippen LogP contribution in [-0.4, -0.2) is 42.7 Å². The Morgan fingerprint density at radius 2 is 2.10 bits per heavy atom. The van der Waals surface area contributed by atoms with Crippen LogP contribution in [0.1, 0.15) is 46.7 Å². The van der Waals surface area contributed by atoms with Crippen LogP contribution < -0.4 is 16.0 Å². The SMILES string of the molecule is O=C(NC(CNC1COC1)CC1CCCC1)c1ccc(CNc2cc(Cl)ccn2)s1. The first-order valence-corrected chi connectivity index (χ1v) is 11.9. The zero-order valence-electron chi connectivity index (χ0n) is 17.0. The molecule has 3 heterocycles. The van der Waals surface area contributed by atoms with Crippen molar-refractivity contribution in [3.8, 4) is 0 Å². The second kappa shape index (κ2) is 10.6. The van der Waals surface area contributed by atoms with E-state index in [4.69, 9.17) is 16.3 Å². The molecule has 30 heavy (non-hydrogen) atoms. The van der Waals surface area contributed by atoms with Crippen LogP contribution in [0.3, 0.4) is 0 Å². The number of pyridine rings is 1.